The monoisotopic (exact) mass is 371 g/mol. The first kappa shape index (κ1) is 18.0. The molecule has 6 nitrogen and oxygen atoms in total. The third-order valence-corrected chi connectivity index (χ3v) is 5.65. The summed E-state index contributed by atoms with van der Waals surface area (Å²) in [5.74, 6) is 1.23. The minimum Gasteiger partial charge on any atom is -0.337 e. The molecule has 1 atom stereocenters. The van der Waals surface area contributed by atoms with Gasteiger partial charge in [-0.1, -0.05) is 12.1 Å². The van der Waals surface area contributed by atoms with E-state index in [-0.39, 0.29) is 24.4 Å². The van der Waals surface area contributed by atoms with E-state index in [9.17, 15) is 9.18 Å². The highest BCUT2D eigenvalue weighted by Gasteiger charge is 2.30. The normalized spacial score (nSPS) is 20.7. The van der Waals surface area contributed by atoms with Gasteiger partial charge < -0.3 is 14.8 Å². The van der Waals surface area contributed by atoms with E-state index < -0.39 is 0 Å². The van der Waals surface area contributed by atoms with Gasteiger partial charge >= 0.3 is 6.03 Å². The summed E-state index contributed by atoms with van der Waals surface area (Å²) in [5, 5.41) is 2.87. The minimum absolute atomic E-state index is 0.0547. The third kappa shape index (κ3) is 3.83. The van der Waals surface area contributed by atoms with E-state index in [0.717, 1.165) is 30.8 Å². The molecule has 2 heterocycles. The zero-order valence-corrected chi connectivity index (χ0v) is 15.9. The molecule has 1 N–H and O–H groups in total. The van der Waals surface area contributed by atoms with Crippen molar-refractivity contribution in [3.8, 4) is 0 Å². The van der Waals surface area contributed by atoms with Crippen LogP contribution >= 0.6 is 0 Å². The summed E-state index contributed by atoms with van der Waals surface area (Å²) in [6, 6.07) is 5.29. The van der Waals surface area contributed by atoms with Crippen molar-refractivity contribution in [2.75, 3.05) is 26.7 Å². The van der Waals surface area contributed by atoms with Gasteiger partial charge in [-0.3, -0.25) is 4.90 Å². The number of carbonyl (C=O) groups excluding carboxylic acids is 1. The molecule has 1 unspecified atom stereocenters. The molecule has 4 rings (SSSR count). The van der Waals surface area contributed by atoms with Crippen molar-refractivity contribution >= 4 is 6.03 Å². The summed E-state index contributed by atoms with van der Waals surface area (Å²) in [4.78, 5) is 21.0. The Morgan fingerprint density at radius 1 is 1.30 bits per heavy atom. The van der Waals surface area contributed by atoms with Crippen LogP contribution in [0.3, 0.4) is 0 Å². The second kappa shape index (κ2) is 7.31. The van der Waals surface area contributed by atoms with Crippen LogP contribution in [0.1, 0.15) is 41.8 Å². The zero-order valence-electron chi connectivity index (χ0n) is 15.9. The van der Waals surface area contributed by atoms with Crippen LogP contribution in [0.5, 0.6) is 0 Å². The molecule has 1 saturated carbocycles. The molecule has 7 heteroatoms. The summed E-state index contributed by atoms with van der Waals surface area (Å²) < 4.78 is 16.3. The quantitative estimate of drug-likeness (QED) is 0.899. The van der Waals surface area contributed by atoms with E-state index in [1.54, 1.807) is 23.2 Å². The van der Waals surface area contributed by atoms with Gasteiger partial charge in [0.05, 0.1) is 6.04 Å². The average Bonchev–Trinajstić information content (AvgIpc) is 3.42. The van der Waals surface area contributed by atoms with Crippen LogP contribution in [0, 0.1) is 5.82 Å². The van der Waals surface area contributed by atoms with Gasteiger partial charge in [0.2, 0.25) is 0 Å². The summed E-state index contributed by atoms with van der Waals surface area (Å²) in [5.41, 5.74) is 1.60. The van der Waals surface area contributed by atoms with Crippen molar-refractivity contribution in [1.29, 1.82) is 0 Å². The Hall–Kier alpha value is -2.41. The lowest BCUT2D eigenvalue weighted by Crippen LogP contribution is -2.52. The fraction of sp³-hybridized carbons (Fsp3) is 0.500. The van der Waals surface area contributed by atoms with Crippen LogP contribution in [-0.4, -0.2) is 52.1 Å². The van der Waals surface area contributed by atoms with Gasteiger partial charge in [0.15, 0.2) is 0 Å². The smallest absolute Gasteiger partial charge is 0.317 e. The first-order chi connectivity index (χ1) is 13.0. The predicted molar refractivity (Wildman–Crippen MR) is 101 cm³/mol. The molecule has 1 saturated heterocycles. The van der Waals surface area contributed by atoms with Gasteiger partial charge in [-0.15, -0.1) is 0 Å². The Kier molecular flexibility index (Phi) is 4.86. The maximum absolute atomic E-state index is 14.3. The highest BCUT2D eigenvalue weighted by molar-refractivity contribution is 5.74. The molecule has 2 aliphatic rings. The molecular weight excluding hydrogens is 345 g/mol. The standard InChI is InChI=1S/C20H26FN5O/c1-24-9-10-26(13-18(24)19-22-7-8-25(19)2)20(27)23-12-16-6-5-15(11-17(16)21)14-3-4-14/h5-8,11,14,18H,3-4,9-10,12-13H2,1-2H3,(H,23,27). The number of likely N-dealkylation sites (N-methyl/N-ethyl adjacent to an activating group) is 1. The number of nitrogens with one attached hydrogen (secondary N) is 1. The minimum atomic E-state index is -0.232. The fourth-order valence-electron chi connectivity index (χ4n) is 3.70. The van der Waals surface area contributed by atoms with Crippen molar-refractivity contribution in [2.24, 2.45) is 7.05 Å². The van der Waals surface area contributed by atoms with E-state index in [1.807, 2.05) is 30.9 Å². The van der Waals surface area contributed by atoms with Gasteiger partial charge in [-0.25, -0.2) is 14.2 Å². The second-order valence-corrected chi connectivity index (χ2v) is 7.62. The fourth-order valence-corrected chi connectivity index (χ4v) is 3.70. The Morgan fingerprint density at radius 3 is 2.78 bits per heavy atom. The number of aromatic nitrogens is 2. The molecule has 27 heavy (non-hydrogen) atoms. The molecule has 0 bridgehead atoms. The Balaban J connectivity index is 1.37. The highest BCUT2D eigenvalue weighted by atomic mass is 19.1. The number of piperazine rings is 1. The van der Waals surface area contributed by atoms with Crippen LogP contribution in [0.4, 0.5) is 9.18 Å². The Labute approximate surface area is 159 Å². The van der Waals surface area contributed by atoms with E-state index in [0.29, 0.717) is 24.6 Å². The van der Waals surface area contributed by atoms with Crippen LogP contribution in [0.15, 0.2) is 30.6 Å². The van der Waals surface area contributed by atoms with E-state index >= 15 is 0 Å². The number of nitrogens with zero attached hydrogens (tertiary/aromatic N) is 4. The number of hydrogen-bond acceptors (Lipinski definition) is 3. The number of aryl methyl sites for hydroxylation is 1. The number of imidazole rings is 1. The SMILES string of the molecule is CN1CCN(C(=O)NCc2ccc(C3CC3)cc2F)CC1c1nccn1C. The number of halogens is 1. The lowest BCUT2D eigenvalue weighted by Gasteiger charge is -2.38. The molecule has 1 aromatic carbocycles. The first-order valence-corrected chi connectivity index (χ1v) is 9.51. The van der Waals surface area contributed by atoms with E-state index in [1.165, 1.54) is 0 Å². The van der Waals surface area contributed by atoms with Gasteiger partial charge in [0.25, 0.3) is 0 Å². The molecule has 2 aromatic rings. The van der Waals surface area contributed by atoms with Crippen molar-refractivity contribution < 1.29 is 9.18 Å². The number of rotatable bonds is 4. The number of urea groups is 1. The van der Waals surface area contributed by atoms with Crippen LogP contribution < -0.4 is 5.32 Å². The first-order valence-electron chi connectivity index (χ1n) is 9.51. The molecule has 1 aromatic heterocycles. The third-order valence-electron chi connectivity index (χ3n) is 5.65. The maximum Gasteiger partial charge on any atom is 0.317 e. The average molecular weight is 371 g/mol. The summed E-state index contributed by atoms with van der Waals surface area (Å²) >= 11 is 0. The second-order valence-electron chi connectivity index (χ2n) is 7.62. The molecule has 0 spiro atoms. The van der Waals surface area contributed by atoms with Crippen molar-refractivity contribution in [3.05, 3.63) is 53.4 Å². The maximum atomic E-state index is 14.3. The molecule has 2 fully saturated rings. The van der Waals surface area contributed by atoms with E-state index in [2.05, 4.69) is 15.2 Å². The number of hydrogen-bond donors (Lipinski definition) is 1. The van der Waals surface area contributed by atoms with Crippen molar-refractivity contribution in [2.45, 2.75) is 31.3 Å². The highest BCUT2D eigenvalue weighted by Crippen LogP contribution is 2.40. The topological polar surface area (TPSA) is 53.4 Å². The predicted octanol–water partition coefficient (Wildman–Crippen LogP) is 2.63. The number of amides is 2. The van der Waals surface area contributed by atoms with Gasteiger partial charge in [0.1, 0.15) is 11.6 Å². The molecule has 144 valence electrons. The Morgan fingerprint density at radius 2 is 2.11 bits per heavy atom. The molecule has 0 radical (unpaired) electrons. The largest absolute Gasteiger partial charge is 0.337 e. The number of carbonyl (C=O) groups is 1. The van der Waals surface area contributed by atoms with Crippen molar-refractivity contribution in [3.63, 3.8) is 0 Å². The molecular formula is C20H26FN5O. The summed E-state index contributed by atoms with van der Waals surface area (Å²) in [7, 11) is 4.01. The molecule has 2 amide bonds. The lowest BCUT2D eigenvalue weighted by atomic mass is 10.1. The zero-order chi connectivity index (χ0) is 19.0. The Bertz CT molecular complexity index is 832. The molecule has 1 aliphatic carbocycles. The summed E-state index contributed by atoms with van der Waals surface area (Å²) in [6.45, 7) is 2.19. The van der Waals surface area contributed by atoms with Crippen molar-refractivity contribution in [1.82, 2.24) is 24.7 Å². The van der Waals surface area contributed by atoms with Gasteiger partial charge in [-0.05, 0) is 37.4 Å². The van der Waals surface area contributed by atoms with E-state index in [4.69, 9.17) is 0 Å². The number of benzene rings is 1. The van der Waals surface area contributed by atoms with Crippen LogP contribution in [0.2, 0.25) is 0 Å². The van der Waals surface area contributed by atoms with Gasteiger partial charge in [0, 0.05) is 51.2 Å². The van der Waals surface area contributed by atoms with Gasteiger partial charge in [-0.2, -0.15) is 0 Å². The molecule has 1 aliphatic heterocycles. The lowest BCUT2D eigenvalue weighted by molar-refractivity contribution is 0.104. The summed E-state index contributed by atoms with van der Waals surface area (Å²) in [6.07, 6.45) is 5.98. The van der Waals surface area contributed by atoms with Crippen LogP contribution in [-0.2, 0) is 13.6 Å². The van der Waals surface area contributed by atoms with Crippen LogP contribution in [0.25, 0.3) is 0 Å².